The highest BCUT2D eigenvalue weighted by atomic mass is 16.4. The number of hydrogen-bond donors (Lipinski definition) is 2. The summed E-state index contributed by atoms with van der Waals surface area (Å²) >= 11 is 0. The van der Waals surface area contributed by atoms with E-state index in [4.69, 9.17) is 10.2 Å². The summed E-state index contributed by atoms with van der Waals surface area (Å²) in [6.07, 6.45) is 2.89. The summed E-state index contributed by atoms with van der Waals surface area (Å²) in [5, 5.41) is 17.6. The van der Waals surface area contributed by atoms with Crippen molar-refractivity contribution in [2.45, 2.75) is 32.6 Å². The van der Waals surface area contributed by atoms with Gasteiger partial charge in [-0.05, 0) is 25.2 Å². The largest absolute Gasteiger partial charge is 0.481 e. The van der Waals surface area contributed by atoms with Crippen LogP contribution >= 0.6 is 0 Å². The topological polar surface area (TPSA) is 74.6 Å². The van der Waals surface area contributed by atoms with Gasteiger partial charge in [-0.1, -0.05) is 13.3 Å². The lowest BCUT2D eigenvalue weighted by molar-refractivity contribution is -0.148. The maximum atomic E-state index is 10.7. The van der Waals surface area contributed by atoms with Crippen LogP contribution < -0.4 is 0 Å². The third kappa shape index (κ3) is 2.47. The fourth-order valence-electron chi connectivity index (χ4n) is 2.11. The van der Waals surface area contributed by atoms with Gasteiger partial charge in [-0.3, -0.25) is 9.59 Å². The van der Waals surface area contributed by atoms with Gasteiger partial charge in [0.25, 0.3) is 0 Å². The number of aliphatic carboxylic acids is 2. The summed E-state index contributed by atoms with van der Waals surface area (Å²) < 4.78 is 0. The molecule has 3 atom stereocenters. The smallest absolute Gasteiger partial charge is 0.306 e. The molecule has 1 rings (SSSR count). The second kappa shape index (κ2) is 4.44. The van der Waals surface area contributed by atoms with Crippen molar-refractivity contribution in [1.82, 2.24) is 0 Å². The Balaban J connectivity index is 2.55. The molecular formula is C10H16O4. The first kappa shape index (κ1) is 11.0. The Morgan fingerprint density at radius 3 is 2.43 bits per heavy atom. The third-order valence-corrected chi connectivity index (χ3v) is 3.16. The lowest BCUT2D eigenvalue weighted by Gasteiger charge is -2.28. The van der Waals surface area contributed by atoms with Crippen LogP contribution in [0.1, 0.15) is 32.6 Å². The molecule has 0 aromatic carbocycles. The van der Waals surface area contributed by atoms with Crippen LogP contribution in [-0.2, 0) is 9.59 Å². The van der Waals surface area contributed by atoms with Crippen LogP contribution in [0.15, 0.2) is 0 Å². The molecular weight excluding hydrogens is 184 g/mol. The summed E-state index contributed by atoms with van der Waals surface area (Å²) in [4.78, 5) is 21.5. The molecule has 14 heavy (non-hydrogen) atoms. The molecule has 1 aliphatic carbocycles. The number of hydrogen-bond acceptors (Lipinski definition) is 2. The number of carboxylic acids is 2. The summed E-state index contributed by atoms with van der Waals surface area (Å²) in [6.45, 7) is 1.66. The Kier molecular flexibility index (Phi) is 3.49. The molecule has 0 aromatic heterocycles. The molecule has 1 aliphatic rings. The highest BCUT2D eigenvalue weighted by molar-refractivity contribution is 5.71. The molecule has 3 unspecified atom stereocenters. The normalized spacial score (nSPS) is 29.5. The summed E-state index contributed by atoms with van der Waals surface area (Å²) in [7, 11) is 0. The highest BCUT2D eigenvalue weighted by Crippen LogP contribution is 2.33. The van der Waals surface area contributed by atoms with Crippen LogP contribution in [0.2, 0.25) is 0 Å². The van der Waals surface area contributed by atoms with E-state index in [2.05, 4.69) is 0 Å². The molecule has 4 heteroatoms. The van der Waals surface area contributed by atoms with E-state index in [1.165, 1.54) is 0 Å². The fraction of sp³-hybridized carbons (Fsp3) is 0.800. The zero-order valence-corrected chi connectivity index (χ0v) is 8.27. The molecule has 0 spiro atoms. The second-order valence-electron chi connectivity index (χ2n) is 4.09. The molecule has 0 aromatic rings. The van der Waals surface area contributed by atoms with Crippen LogP contribution in [0.25, 0.3) is 0 Å². The SMILES string of the molecule is CC(C(=O)O)C1CCCC(C(=O)O)C1. The molecule has 80 valence electrons. The van der Waals surface area contributed by atoms with Crippen molar-refractivity contribution in [2.24, 2.45) is 17.8 Å². The number of carboxylic acid groups (broad SMARTS) is 2. The fourth-order valence-corrected chi connectivity index (χ4v) is 2.11. The van der Waals surface area contributed by atoms with Gasteiger partial charge in [-0.25, -0.2) is 0 Å². The van der Waals surface area contributed by atoms with Crippen molar-refractivity contribution < 1.29 is 19.8 Å². The molecule has 1 saturated carbocycles. The van der Waals surface area contributed by atoms with E-state index < -0.39 is 17.9 Å². The molecule has 0 bridgehead atoms. The Morgan fingerprint density at radius 2 is 1.93 bits per heavy atom. The Morgan fingerprint density at radius 1 is 1.29 bits per heavy atom. The quantitative estimate of drug-likeness (QED) is 0.725. The average Bonchev–Trinajstić information content (AvgIpc) is 2.16. The molecule has 0 saturated heterocycles. The predicted molar refractivity (Wildman–Crippen MR) is 49.9 cm³/mol. The highest BCUT2D eigenvalue weighted by Gasteiger charge is 2.32. The molecule has 0 heterocycles. The van der Waals surface area contributed by atoms with Crippen LogP contribution in [0.5, 0.6) is 0 Å². The summed E-state index contributed by atoms with van der Waals surface area (Å²) in [5.41, 5.74) is 0. The second-order valence-corrected chi connectivity index (χ2v) is 4.09. The zero-order chi connectivity index (χ0) is 10.7. The zero-order valence-electron chi connectivity index (χ0n) is 8.27. The summed E-state index contributed by atoms with van der Waals surface area (Å²) in [6, 6.07) is 0. The predicted octanol–water partition coefficient (Wildman–Crippen LogP) is 1.60. The van der Waals surface area contributed by atoms with Crippen molar-refractivity contribution in [2.75, 3.05) is 0 Å². The van der Waals surface area contributed by atoms with Crippen molar-refractivity contribution in [3.63, 3.8) is 0 Å². The minimum Gasteiger partial charge on any atom is -0.481 e. The maximum Gasteiger partial charge on any atom is 0.306 e. The first-order valence-corrected chi connectivity index (χ1v) is 4.98. The van der Waals surface area contributed by atoms with Gasteiger partial charge in [0.2, 0.25) is 0 Å². The van der Waals surface area contributed by atoms with E-state index in [1.807, 2.05) is 0 Å². The average molecular weight is 200 g/mol. The van der Waals surface area contributed by atoms with E-state index in [0.717, 1.165) is 12.8 Å². The lowest BCUT2D eigenvalue weighted by Crippen LogP contribution is -2.29. The van der Waals surface area contributed by atoms with E-state index in [9.17, 15) is 9.59 Å². The van der Waals surface area contributed by atoms with Gasteiger partial charge in [0.1, 0.15) is 0 Å². The van der Waals surface area contributed by atoms with Gasteiger partial charge >= 0.3 is 11.9 Å². The van der Waals surface area contributed by atoms with Crippen LogP contribution in [0, 0.1) is 17.8 Å². The van der Waals surface area contributed by atoms with Crippen LogP contribution in [0.4, 0.5) is 0 Å². The van der Waals surface area contributed by atoms with Gasteiger partial charge in [-0.2, -0.15) is 0 Å². The van der Waals surface area contributed by atoms with Gasteiger partial charge in [0.15, 0.2) is 0 Å². The van der Waals surface area contributed by atoms with Crippen molar-refractivity contribution in [3.8, 4) is 0 Å². The minimum atomic E-state index is -0.818. The molecule has 0 aliphatic heterocycles. The van der Waals surface area contributed by atoms with Crippen molar-refractivity contribution in [1.29, 1.82) is 0 Å². The van der Waals surface area contributed by atoms with Crippen molar-refractivity contribution >= 4 is 11.9 Å². The molecule has 1 fully saturated rings. The Hall–Kier alpha value is -1.06. The Labute approximate surface area is 82.9 Å². The van der Waals surface area contributed by atoms with Gasteiger partial charge in [0.05, 0.1) is 11.8 Å². The van der Waals surface area contributed by atoms with Gasteiger partial charge in [-0.15, -0.1) is 0 Å². The van der Waals surface area contributed by atoms with Crippen molar-refractivity contribution in [3.05, 3.63) is 0 Å². The molecule has 4 nitrogen and oxygen atoms in total. The molecule has 0 amide bonds. The number of carbonyl (C=O) groups is 2. The molecule has 0 radical (unpaired) electrons. The van der Waals surface area contributed by atoms with Crippen LogP contribution in [0.3, 0.4) is 0 Å². The van der Waals surface area contributed by atoms with Gasteiger partial charge < -0.3 is 10.2 Å². The first-order chi connectivity index (χ1) is 6.52. The van der Waals surface area contributed by atoms with E-state index in [1.54, 1.807) is 6.92 Å². The van der Waals surface area contributed by atoms with E-state index in [-0.39, 0.29) is 11.8 Å². The standard InChI is InChI=1S/C10H16O4/c1-6(9(11)12)7-3-2-4-8(5-7)10(13)14/h6-8H,2-5H2,1H3,(H,11,12)(H,13,14). The van der Waals surface area contributed by atoms with Gasteiger partial charge in [0, 0.05) is 0 Å². The number of rotatable bonds is 3. The van der Waals surface area contributed by atoms with E-state index in [0.29, 0.717) is 12.8 Å². The lowest BCUT2D eigenvalue weighted by atomic mass is 9.76. The maximum absolute atomic E-state index is 10.7. The molecule has 2 N–H and O–H groups in total. The Bertz CT molecular complexity index is 224. The summed E-state index contributed by atoms with van der Waals surface area (Å²) in [5.74, 6) is -2.33. The monoisotopic (exact) mass is 200 g/mol. The van der Waals surface area contributed by atoms with Crippen LogP contribution in [-0.4, -0.2) is 22.2 Å². The van der Waals surface area contributed by atoms with E-state index >= 15 is 0 Å². The third-order valence-electron chi connectivity index (χ3n) is 3.16. The first-order valence-electron chi connectivity index (χ1n) is 4.98. The minimum absolute atomic E-state index is 0.0300.